The average Bonchev–Trinajstić information content (AvgIpc) is 2.83. The van der Waals surface area contributed by atoms with Gasteiger partial charge in [0, 0.05) is 25.2 Å². The van der Waals surface area contributed by atoms with Crippen molar-refractivity contribution in [2.24, 2.45) is 0 Å². The predicted molar refractivity (Wildman–Crippen MR) is 76.0 cm³/mol. The molecule has 0 spiro atoms. The smallest absolute Gasteiger partial charge is 0.133 e. The minimum Gasteiger partial charge on any atom is -0.497 e. The summed E-state index contributed by atoms with van der Waals surface area (Å²) in [6.45, 7) is 3.40. The number of aryl methyl sites for hydroxylation is 1. The van der Waals surface area contributed by atoms with Crippen molar-refractivity contribution in [3.8, 4) is 11.5 Å². The second-order valence-electron chi connectivity index (χ2n) is 4.82. The highest BCUT2D eigenvalue weighted by Crippen LogP contribution is 2.23. The van der Waals surface area contributed by atoms with Gasteiger partial charge < -0.3 is 14.0 Å². The van der Waals surface area contributed by atoms with Crippen LogP contribution in [0, 0.1) is 6.92 Å². The fourth-order valence-corrected chi connectivity index (χ4v) is 2.09. The van der Waals surface area contributed by atoms with Gasteiger partial charge in [0.15, 0.2) is 0 Å². The van der Waals surface area contributed by atoms with Gasteiger partial charge in [-0.05, 0) is 31.7 Å². The highest BCUT2D eigenvalue weighted by molar-refractivity contribution is 5.38. The van der Waals surface area contributed by atoms with E-state index in [9.17, 15) is 0 Å². The molecule has 0 fully saturated rings. The number of hydrogen-bond donors (Lipinski definition) is 0. The first kappa shape index (κ1) is 14.4. The Hall–Kier alpha value is -2.01. The molecule has 0 saturated heterocycles. The molecule has 0 unspecified atom stereocenters. The molecule has 1 aromatic carbocycles. The second kappa shape index (κ2) is 6.43. The molecule has 0 saturated carbocycles. The highest BCUT2D eigenvalue weighted by Gasteiger charge is 2.08. The molecule has 0 atom stereocenters. The Bertz CT molecular complexity index is 544. The summed E-state index contributed by atoms with van der Waals surface area (Å²) in [6, 6.07) is 7.83. The first-order valence-corrected chi connectivity index (χ1v) is 6.43. The van der Waals surface area contributed by atoms with E-state index in [0.717, 1.165) is 41.6 Å². The molecule has 20 heavy (non-hydrogen) atoms. The van der Waals surface area contributed by atoms with Gasteiger partial charge in [0.05, 0.1) is 19.9 Å². The average molecular weight is 276 g/mol. The topological polar surface area (TPSA) is 47.7 Å². The summed E-state index contributed by atoms with van der Waals surface area (Å²) < 4.78 is 15.6. The van der Waals surface area contributed by atoms with E-state index in [1.54, 1.807) is 14.2 Å². The molecule has 108 valence electrons. The molecular formula is C15H20N2O3. The van der Waals surface area contributed by atoms with Gasteiger partial charge in [-0.25, -0.2) is 0 Å². The molecule has 5 nitrogen and oxygen atoms in total. The molecular weight excluding hydrogens is 256 g/mol. The summed E-state index contributed by atoms with van der Waals surface area (Å²) in [7, 11) is 5.34. The fraction of sp³-hybridized carbons (Fsp3) is 0.400. The van der Waals surface area contributed by atoms with Crippen LogP contribution in [-0.2, 0) is 13.1 Å². The van der Waals surface area contributed by atoms with Crippen LogP contribution >= 0.6 is 0 Å². The Morgan fingerprint density at radius 3 is 2.20 bits per heavy atom. The van der Waals surface area contributed by atoms with Crippen LogP contribution in [0.2, 0.25) is 0 Å². The van der Waals surface area contributed by atoms with E-state index in [2.05, 4.69) is 10.1 Å². The first-order valence-electron chi connectivity index (χ1n) is 6.43. The van der Waals surface area contributed by atoms with Crippen molar-refractivity contribution in [1.29, 1.82) is 0 Å². The quantitative estimate of drug-likeness (QED) is 0.811. The van der Waals surface area contributed by atoms with Crippen molar-refractivity contribution >= 4 is 0 Å². The molecule has 1 aromatic heterocycles. The molecule has 1 heterocycles. The van der Waals surface area contributed by atoms with E-state index in [4.69, 9.17) is 14.0 Å². The SMILES string of the molecule is COc1cc(CN(C)Cc2cc(C)on2)cc(OC)c1. The minimum absolute atomic E-state index is 0.733. The minimum atomic E-state index is 0.733. The summed E-state index contributed by atoms with van der Waals surface area (Å²) in [5.41, 5.74) is 2.06. The summed E-state index contributed by atoms with van der Waals surface area (Å²) in [5.74, 6) is 2.42. The molecule has 0 N–H and O–H groups in total. The van der Waals surface area contributed by atoms with Crippen molar-refractivity contribution in [1.82, 2.24) is 10.1 Å². The van der Waals surface area contributed by atoms with Crippen molar-refractivity contribution in [2.45, 2.75) is 20.0 Å². The number of hydrogen-bond acceptors (Lipinski definition) is 5. The summed E-state index contributed by atoms with van der Waals surface area (Å²) in [6.07, 6.45) is 0. The zero-order chi connectivity index (χ0) is 14.5. The molecule has 2 aromatic rings. The van der Waals surface area contributed by atoms with E-state index in [1.807, 2.05) is 38.2 Å². The number of ether oxygens (including phenoxy) is 2. The molecule has 5 heteroatoms. The zero-order valence-corrected chi connectivity index (χ0v) is 12.3. The summed E-state index contributed by atoms with van der Waals surface area (Å²) in [5, 5.41) is 4.00. The van der Waals surface area contributed by atoms with Crippen LogP contribution in [0.3, 0.4) is 0 Å². The Morgan fingerprint density at radius 2 is 1.70 bits per heavy atom. The van der Waals surface area contributed by atoms with E-state index >= 15 is 0 Å². The molecule has 0 aliphatic carbocycles. The summed E-state index contributed by atoms with van der Waals surface area (Å²) in [4.78, 5) is 2.16. The van der Waals surface area contributed by atoms with Crippen LogP contribution in [0.4, 0.5) is 0 Å². The predicted octanol–water partition coefficient (Wildman–Crippen LogP) is 2.63. The van der Waals surface area contributed by atoms with E-state index in [0.29, 0.717) is 0 Å². The van der Waals surface area contributed by atoms with E-state index in [1.165, 1.54) is 0 Å². The second-order valence-corrected chi connectivity index (χ2v) is 4.82. The number of methoxy groups -OCH3 is 2. The lowest BCUT2D eigenvalue weighted by Crippen LogP contribution is -2.17. The van der Waals surface area contributed by atoms with Gasteiger partial charge in [0.1, 0.15) is 17.3 Å². The monoisotopic (exact) mass is 276 g/mol. The molecule has 0 amide bonds. The van der Waals surface area contributed by atoms with Gasteiger partial charge >= 0.3 is 0 Å². The van der Waals surface area contributed by atoms with Gasteiger partial charge in [0.25, 0.3) is 0 Å². The van der Waals surface area contributed by atoms with Gasteiger partial charge in [-0.15, -0.1) is 0 Å². The molecule has 0 aliphatic rings. The third-order valence-corrected chi connectivity index (χ3v) is 2.97. The lowest BCUT2D eigenvalue weighted by atomic mass is 10.2. The van der Waals surface area contributed by atoms with E-state index < -0.39 is 0 Å². The van der Waals surface area contributed by atoms with E-state index in [-0.39, 0.29) is 0 Å². The Labute approximate surface area is 119 Å². The van der Waals surface area contributed by atoms with Crippen LogP contribution in [0.15, 0.2) is 28.8 Å². The van der Waals surface area contributed by atoms with Gasteiger partial charge in [-0.1, -0.05) is 5.16 Å². The number of benzene rings is 1. The first-order chi connectivity index (χ1) is 9.60. The molecule has 0 radical (unpaired) electrons. The highest BCUT2D eigenvalue weighted by atomic mass is 16.5. The Balaban J connectivity index is 2.04. The molecule has 2 rings (SSSR count). The third-order valence-electron chi connectivity index (χ3n) is 2.97. The standard InChI is InChI=1S/C15H20N2O3/c1-11-5-13(16-20-11)10-17(2)9-12-6-14(18-3)8-15(7-12)19-4/h5-8H,9-10H2,1-4H3. The van der Waals surface area contributed by atoms with Gasteiger partial charge in [0.2, 0.25) is 0 Å². The maximum Gasteiger partial charge on any atom is 0.133 e. The lowest BCUT2D eigenvalue weighted by Gasteiger charge is -2.16. The lowest BCUT2D eigenvalue weighted by molar-refractivity contribution is 0.300. The summed E-state index contributed by atoms with van der Waals surface area (Å²) >= 11 is 0. The van der Waals surface area contributed by atoms with Crippen molar-refractivity contribution in [3.05, 3.63) is 41.3 Å². The van der Waals surface area contributed by atoms with Gasteiger partial charge in [-0.3, -0.25) is 4.90 Å². The van der Waals surface area contributed by atoms with Crippen LogP contribution in [-0.4, -0.2) is 31.3 Å². The van der Waals surface area contributed by atoms with Crippen molar-refractivity contribution in [3.63, 3.8) is 0 Å². The van der Waals surface area contributed by atoms with Crippen molar-refractivity contribution < 1.29 is 14.0 Å². The normalized spacial score (nSPS) is 10.8. The Kier molecular flexibility index (Phi) is 4.63. The van der Waals surface area contributed by atoms with Crippen LogP contribution in [0.1, 0.15) is 17.0 Å². The van der Waals surface area contributed by atoms with Crippen molar-refractivity contribution in [2.75, 3.05) is 21.3 Å². The fourth-order valence-electron chi connectivity index (χ4n) is 2.09. The number of rotatable bonds is 6. The number of nitrogens with zero attached hydrogens (tertiary/aromatic N) is 2. The van der Waals surface area contributed by atoms with Crippen LogP contribution in [0.5, 0.6) is 11.5 Å². The maximum absolute atomic E-state index is 5.27. The zero-order valence-electron chi connectivity index (χ0n) is 12.3. The van der Waals surface area contributed by atoms with Crippen LogP contribution in [0.25, 0.3) is 0 Å². The molecule has 0 bridgehead atoms. The van der Waals surface area contributed by atoms with Gasteiger partial charge in [-0.2, -0.15) is 0 Å². The van der Waals surface area contributed by atoms with Crippen LogP contribution < -0.4 is 9.47 Å². The largest absolute Gasteiger partial charge is 0.497 e. The third kappa shape index (κ3) is 3.74. The number of aromatic nitrogens is 1. The molecule has 0 aliphatic heterocycles. The maximum atomic E-state index is 5.27. The Morgan fingerprint density at radius 1 is 1.05 bits per heavy atom.